The number of rotatable bonds is 4. The van der Waals surface area contributed by atoms with Crippen LogP contribution in [0.2, 0.25) is 0 Å². The number of fused-ring (bicyclic) bond motifs is 1. The van der Waals surface area contributed by atoms with Gasteiger partial charge < -0.3 is 11.1 Å². The van der Waals surface area contributed by atoms with Gasteiger partial charge in [-0.3, -0.25) is 4.79 Å². The summed E-state index contributed by atoms with van der Waals surface area (Å²) in [6, 6.07) is 16.3. The third-order valence-corrected chi connectivity index (χ3v) is 4.16. The molecule has 1 aliphatic heterocycles. The minimum Gasteiger partial charge on any atom is -0.325 e. The van der Waals surface area contributed by atoms with Gasteiger partial charge in [-0.25, -0.2) is 0 Å². The number of hydrogen-bond acceptors (Lipinski definition) is 2. The van der Waals surface area contributed by atoms with E-state index in [1.807, 2.05) is 37.3 Å². The monoisotopic (exact) mass is 280 g/mol. The molecule has 3 heteroatoms. The summed E-state index contributed by atoms with van der Waals surface area (Å²) in [6.45, 7) is 2.04. The average Bonchev–Trinajstić information content (AvgIpc) is 2.82. The number of nitrogens with one attached hydrogen (secondary N) is 1. The first-order chi connectivity index (χ1) is 10.2. The average molecular weight is 280 g/mol. The van der Waals surface area contributed by atoms with Gasteiger partial charge in [-0.05, 0) is 35.6 Å². The van der Waals surface area contributed by atoms with Crippen molar-refractivity contribution in [2.24, 2.45) is 5.73 Å². The lowest BCUT2D eigenvalue weighted by Gasteiger charge is -2.14. The molecule has 3 rings (SSSR count). The first-order valence-electron chi connectivity index (χ1n) is 7.43. The molecule has 3 nitrogen and oxygen atoms in total. The molecule has 2 atom stereocenters. The Morgan fingerprint density at radius 1 is 1.19 bits per heavy atom. The topological polar surface area (TPSA) is 55.1 Å². The summed E-state index contributed by atoms with van der Waals surface area (Å²) in [5, 5.41) is 2.93. The lowest BCUT2D eigenvalue weighted by Crippen LogP contribution is -2.14. The van der Waals surface area contributed by atoms with E-state index in [0.717, 1.165) is 29.7 Å². The molecule has 2 aromatic rings. The molecule has 0 bridgehead atoms. The van der Waals surface area contributed by atoms with Crippen molar-refractivity contribution in [1.82, 2.24) is 0 Å². The number of amides is 1. The van der Waals surface area contributed by atoms with Crippen LogP contribution in [0.25, 0.3) is 0 Å². The second-order valence-electron chi connectivity index (χ2n) is 5.59. The maximum absolute atomic E-state index is 11.9. The maximum Gasteiger partial charge on any atom is 0.231 e. The summed E-state index contributed by atoms with van der Waals surface area (Å²) < 4.78 is 0. The van der Waals surface area contributed by atoms with E-state index < -0.39 is 0 Å². The van der Waals surface area contributed by atoms with Crippen molar-refractivity contribution in [3.05, 3.63) is 65.2 Å². The Morgan fingerprint density at radius 2 is 1.95 bits per heavy atom. The second kappa shape index (κ2) is 5.70. The highest BCUT2D eigenvalue weighted by molar-refractivity contribution is 6.02. The molecule has 0 saturated heterocycles. The minimum absolute atomic E-state index is 0.0381. The van der Waals surface area contributed by atoms with Gasteiger partial charge >= 0.3 is 0 Å². The number of carbonyl (C=O) groups is 1. The summed E-state index contributed by atoms with van der Waals surface area (Å²) in [5.41, 5.74) is 10.7. The van der Waals surface area contributed by atoms with Gasteiger partial charge in [0.25, 0.3) is 0 Å². The molecule has 3 N–H and O–H groups in total. The number of hydrogen-bond donors (Lipinski definition) is 2. The van der Waals surface area contributed by atoms with Gasteiger partial charge in [0.1, 0.15) is 0 Å². The fourth-order valence-corrected chi connectivity index (χ4v) is 2.97. The Labute approximate surface area is 125 Å². The Balaban J connectivity index is 1.84. The number of carbonyl (C=O) groups excluding carboxylic acids is 1. The van der Waals surface area contributed by atoms with Crippen LogP contribution < -0.4 is 11.1 Å². The Hall–Kier alpha value is -2.13. The lowest BCUT2D eigenvalue weighted by atomic mass is 9.93. The second-order valence-corrected chi connectivity index (χ2v) is 5.59. The highest BCUT2D eigenvalue weighted by Crippen LogP contribution is 2.36. The first-order valence-corrected chi connectivity index (χ1v) is 7.43. The van der Waals surface area contributed by atoms with Gasteiger partial charge in [-0.1, -0.05) is 49.4 Å². The van der Waals surface area contributed by atoms with Gasteiger partial charge in [-0.2, -0.15) is 0 Å². The predicted molar refractivity (Wildman–Crippen MR) is 85.2 cm³/mol. The Morgan fingerprint density at radius 3 is 2.67 bits per heavy atom. The molecule has 108 valence electrons. The Kier molecular flexibility index (Phi) is 3.76. The fraction of sp³-hybridized carbons (Fsp3) is 0.278. The minimum atomic E-state index is -0.0501. The van der Waals surface area contributed by atoms with Crippen LogP contribution in [0.4, 0.5) is 5.69 Å². The normalized spacial score (nSPS) is 18.2. The zero-order valence-corrected chi connectivity index (χ0v) is 12.2. The van der Waals surface area contributed by atoms with Gasteiger partial charge in [0.05, 0.1) is 5.92 Å². The Bertz CT molecular complexity index is 652. The molecule has 2 aromatic carbocycles. The van der Waals surface area contributed by atoms with Crippen molar-refractivity contribution in [1.29, 1.82) is 0 Å². The predicted octanol–water partition coefficient (Wildman–Crippen LogP) is 3.37. The molecule has 0 aliphatic carbocycles. The van der Waals surface area contributed by atoms with E-state index in [2.05, 4.69) is 23.5 Å². The van der Waals surface area contributed by atoms with Crippen molar-refractivity contribution in [2.75, 3.05) is 5.32 Å². The zero-order chi connectivity index (χ0) is 14.8. The number of nitrogens with two attached hydrogens (primary N) is 1. The van der Waals surface area contributed by atoms with E-state index in [-0.39, 0.29) is 17.9 Å². The molecule has 0 radical (unpaired) electrons. The molecule has 1 heterocycles. The number of benzene rings is 2. The van der Waals surface area contributed by atoms with Crippen LogP contribution in [0.1, 0.15) is 42.0 Å². The van der Waals surface area contributed by atoms with E-state index in [9.17, 15) is 4.79 Å². The third-order valence-electron chi connectivity index (χ3n) is 4.16. The summed E-state index contributed by atoms with van der Waals surface area (Å²) in [7, 11) is 0. The molecule has 1 amide bonds. The summed E-state index contributed by atoms with van der Waals surface area (Å²) in [5.74, 6) is 0.0603. The summed E-state index contributed by atoms with van der Waals surface area (Å²) in [4.78, 5) is 11.9. The third kappa shape index (κ3) is 2.69. The van der Waals surface area contributed by atoms with Crippen LogP contribution >= 0.6 is 0 Å². The zero-order valence-electron chi connectivity index (χ0n) is 12.2. The maximum atomic E-state index is 11.9. The highest BCUT2D eigenvalue weighted by Gasteiger charge is 2.29. The standard InChI is InChI=1S/C18H20N2O/c1-2-14-15-11-13(8-9-17(15)20-18(14)21)16(19)10-12-6-4-3-5-7-12/h3-9,11,14,16H,2,10,19H2,1H3,(H,20,21). The van der Waals surface area contributed by atoms with Gasteiger partial charge in [-0.15, -0.1) is 0 Å². The van der Waals surface area contributed by atoms with Crippen molar-refractivity contribution < 1.29 is 4.79 Å². The smallest absolute Gasteiger partial charge is 0.231 e. The molecule has 1 aliphatic rings. The first kappa shape index (κ1) is 13.8. The molecule has 0 aromatic heterocycles. The molecule has 0 saturated carbocycles. The van der Waals surface area contributed by atoms with Crippen molar-refractivity contribution >= 4 is 11.6 Å². The van der Waals surface area contributed by atoms with Crippen molar-refractivity contribution in [3.63, 3.8) is 0 Å². The van der Waals surface area contributed by atoms with Gasteiger partial charge in [0.2, 0.25) is 5.91 Å². The molecule has 21 heavy (non-hydrogen) atoms. The summed E-state index contributed by atoms with van der Waals surface area (Å²) >= 11 is 0. The fourth-order valence-electron chi connectivity index (χ4n) is 2.97. The van der Waals surface area contributed by atoms with Crippen molar-refractivity contribution in [2.45, 2.75) is 31.7 Å². The SMILES string of the molecule is CCC1C(=O)Nc2ccc(C(N)Cc3ccccc3)cc21. The summed E-state index contributed by atoms with van der Waals surface area (Å²) in [6.07, 6.45) is 1.62. The molecule has 2 unspecified atom stereocenters. The molecule has 0 fully saturated rings. The molecular weight excluding hydrogens is 260 g/mol. The van der Waals surface area contributed by atoms with Crippen LogP contribution in [-0.4, -0.2) is 5.91 Å². The molecular formula is C18H20N2O. The largest absolute Gasteiger partial charge is 0.325 e. The van der Waals surface area contributed by atoms with Crippen LogP contribution in [0.15, 0.2) is 48.5 Å². The van der Waals surface area contributed by atoms with E-state index in [1.54, 1.807) is 0 Å². The molecule has 0 spiro atoms. The highest BCUT2D eigenvalue weighted by atomic mass is 16.2. The van der Waals surface area contributed by atoms with Crippen LogP contribution in [0.3, 0.4) is 0 Å². The quantitative estimate of drug-likeness (QED) is 0.902. The van der Waals surface area contributed by atoms with Crippen LogP contribution in [0.5, 0.6) is 0 Å². The van der Waals surface area contributed by atoms with E-state index >= 15 is 0 Å². The number of anilines is 1. The van der Waals surface area contributed by atoms with Crippen molar-refractivity contribution in [3.8, 4) is 0 Å². The van der Waals surface area contributed by atoms with Gasteiger partial charge in [0.15, 0.2) is 0 Å². The van der Waals surface area contributed by atoms with Crippen LogP contribution in [-0.2, 0) is 11.2 Å². The lowest BCUT2D eigenvalue weighted by molar-refractivity contribution is -0.117. The van der Waals surface area contributed by atoms with E-state index in [0.29, 0.717) is 0 Å². The van der Waals surface area contributed by atoms with Gasteiger partial charge in [0, 0.05) is 11.7 Å². The van der Waals surface area contributed by atoms with Crippen LogP contribution in [0, 0.1) is 0 Å². The van der Waals surface area contributed by atoms with E-state index in [4.69, 9.17) is 5.73 Å². The van der Waals surface area contributed by atoms with E-state index in [1.165, 1.54) is 5.56 Å².